The Morgan fingerprint density at radius 3 is 2.54 bits per heavy atom. The Bertz CT molecular complexity index is 1470. The molecule has 1 heterocycles. The molecule has 1 aliphatic heterocycles. The van der Waals surface area contributed by atoms with Crippen LogP contribution in [0.15, 0.2) is 65.6 Å². The molecule has 4 rings (SSSR count). The van der Waals surface area contributed by atoms with E-state index in [1.54, 1.807) is 18.2 Å². The standard InChI is InChI=1S/C26H16FI2N3O4S/c27-18-6-3-7-19(11-18)31-23(33)13-32-25(34)22(37-26(32)35)10-15-8-20(28)24(21(29)9-15)36-14-17-5-2-1-4-16(17)12-30/h1-11H,13-14H2,(H,31,33)/b22-10+. The molecule has 1 aliphatic rings. The molecule has 186 valence electrons. The third-order valence-corrected chi connectivity index (χ3v) is 7.62. The summed E-state index contributed by atoms with van der Waals surface area (Å²) in [6, 6.07) is 18.3. The molecule has 3 amide bonds. The van der Waals surface area contributed by atoms with E-state index in [4.69, 9.17) is 4.74 Å². The average Bonchev–Trinajstić information content (AvgIpc) is 3.11. The number of carbonyl (C=O) groups excluding carboxylic acids is 3. The van der Waals surface area contributed by atoms with E-state index < -0.39 is 29.4 Å². The molecule has 3 aromatic rings. The molecule has 0 aliphatic carbocycles. The molecule has 3 aromatic carbocycles. The van der Waals surface area contributed by atoms with E-state index in [1.807, 2.05) is 24.3 Å². The molecule has 37 heavy (non-hydrogen) atoms. The van der Waals surface area contributed by atoms with E-state index in [2.05, 4.69) is 56.6 Å². The molecular formula is C26H16FI2N3O4S. The van der Waals surface area contributed by atoms with Crippen LogP contribution in [-0.2, 0) is 16.2 Å². The molecule has 0 atom stereocenters. The van der Waals surface area contributed by atoms with Crippen molar-refractivity contribution in [3.8, 4) is 11.8 Å². The molecule has 7 nitrogen and oxygen atoms in total. The average molecular weight is 739 g/mol. The lowest BCUT2D eigenvalue weighted by Gasteiger charge is -2.13. The highest BCUT2D eigenvalue weighted by Gasteiger charge is 2.36. The number of imide groups is 1. The summed E-state index contributed by atoms with van der Waals surface area (Å²) in [5.41, 5.74) is 2.24. The first-order valence-electron chi connectivity index (χ1n) is 10.7. The van der Waals surface area contributed by atoms with E-state index in [-0.39, 0.29) is 17.2 Å². The van der Waals surface area contributed by atoms with Gasteiger partial charge in [0.25, 0.3) is 11.1 Å². The highest BCUT2D eigenvalue weighted by Crippen LogP contribution is 2.35. The van der Waals surface area contributed by atoms with Crippen molar-refractivity contribution in [2.45, 2.75) is 6.61 Å². The number of anilines is 1. The summed E-state index contributed by atoms with van der Waals surface area (Å²) in [4.78, 5) is 38.6. The van der Waals surface area contributed by atoms with E-state index in [0.717, 1.165) is 35.4 Å². The number of benzene rings is 3. The van der Waals surface area contributed by atoms with Crippen molar-refractivity contribution in [2.24, 2.45) is 0 Å². The number of ether oxygens (including phenoxy) is 1. The highest BCUT2D eigenvalue weighted by atomic mass is 127. The molecular weight excluding hydrogens is 723 g/mol. The first-order chi connectivity index (χ1) is 17.7. The van der Waals surface area contributed by atoms with Crippen LogP contribution in [0.2, 0.25) is 0 Å². The summed E-state index contributed by atoms with van der Waals surface area (Å²) in [6.45, 7) is -0.254. The van der Waals surface area contributed by atoms with Crippen LogP contribution in [0, 0.1) is 24.3 Å². The van der Waals surface area contributed by atoms with E-state index >= 15 is 0 Å². The second kappa shape index (κ2) is 12.1. The summed E-state index contributed by atoms with van der Waals surface area (Å²) in [5, 5.41) is 11.2. The van der Waals surface area contributed by atoms with Crippen LogP contribution in [0.3, 0.4) is 0 Å². The molecule has 1 saturated heterocycles. The number of carbonyl (C=O) groups is 3. The second-order valence-electron chi connectivity index (χ2n) is 7.70. The first-order valence-corrected chi connectivity index (χ1v) is 13.6. The number of nitrogens with zero attached hydrogens (tertiary/aromatic N) is 2. The molecule has 1 N–H and O–H groups in total. The Balaban J connectivity index is 1.45. The molecule has 0 aromatic heterocycles. The third kappa shape index (κ3) is 6.68. The van der Waals surface area contributed by atoms with Crippen molar-refractivity contribution < 1.29 is 23.5 Å². The van der Waals surface area contributed by atoms with Crippen LogP contribution in [0.1, 0.15) is 16.7 Å². The van der Waals surface area contributed by atoms with Gasteiger partial charge in [0.15, 0.2) is 0 Å². The number of nitrogens with one attached hydrogen (secondary N) is 1. The molecule has 0 bridgehead atoms. The lowest BCUT2D eigenvalue weighted by molar-refractivity contribution is -0.127. The summed E-state index contributed by atoms with van der Waals surface area (Å²) < 4.78 is 20.9. The molecule has 11 heteroatoms. The van der Waals surface area contributed by atoms with E-state index in [9.17, 15) is 24.0 Å². The molecule has 0 radical (unpaired) electrons. The largest absolute Gasteiger partial charge is 0.487 e. The number of amides is 3. The summed E-state index contributed by atoms with van der Waals surface area (Å²) >= 11 is 5.00. The van der Waals surface area contributed by atoms with Gasteiger partial charge in [0.2, 0.25) is 5.91 Å². The maximum absolute atomic E-state index is 13.3. The van der Waals surface area contributed by atoms with Crippen molar-refractivity contribution in [1.29, 1.82) is 5.26 Å². The smallest absolute Gasteiger partial charge is 0.294 e. The van der Waals surface area contributed by atoms with Gasteiger partial charge in [0.1, 0.15) is 24.7 Å². The fourth-order valence-corrected chi connectivity index (χ4v) is 6.37. The van der Waals surface area contributed by atoms with Gasteiger partial charge in [-0.25, -0.2) is 4.39 Å². The number of hydrogen-bond donors (Lipinski definition) is 1. The zero-order chi connectivity index (χ0) is 26.5. The van der Waals surface area contributed by atoms with Crippen LogP contribution >= 0.6 is 56.9 Å². The predicted octanol–water partition coefficient (Wildman–Crippen LogP) is 6.16. The van der Waals surface area contributed by atoms with Crippen LogP contribution in [0.25, 0.3) is 6.08 Å². The second-order valence-corrected chi connectivity index (χ2v) is 11.0. The number of halogens is 3. The summed E-state index contributed by atoms with van der Waals surface area (Å²) in [5.74, 6) is -1.06. The van der Waals surface area contributed by atoms with Crippen LogP contribution in [-0.4, -0.2) is 28.5 Å². The topological polar surface area (TPSA) is 99.5 Å². The Morgan fingerprint density at radius 2 is 1.84 bits per heavy atom. The predicted molar refractivity (Wildman–Crippen MR) is 155 cm³/mol. The summed E-state index contributed by atoms with van der Waals surface area (Å²) in [7, 11) is 0. The van der Waals surface area contributed by atoms with Crippen molar-refractivity contribution in [3.63, 3.8) is 0 Å². The van der Waals surface area contributed by atoms with Gasteiger partial charge in [0, 0.05) is 11.3 Å². The van der Waals surface area contributed by atoms with E-state index in [1.165, 1.54) is 18.2 Å². The quantitative estimate of drug-likeness (QED) is 0.231. The molecule has 0 unspecified atom stereocenters. The van der Waals surface area contributed by atoms with Gasteiger partial charge in [-0.15, -0.1) is 0 Å². The van der Waals surface area contributed by atoms with Crippen LogP contribution in [0.5, 0.6) is 5.75 Å². The minimum atomic E-state index is -0.613. The SMILES string of the molecule is N#Cc1ccccc1COc1c(I)cc(/C=C2/SC(=O)N(CC(=O)Nc3cccc(F)c3)C2=O)cc1I. The van der Waals surface area contributed by atoms with Gasteiger partial charge in [-0.1, -0.05) is 24.3 Å². The number of hydrogen-bond acceptors (Lipinski definition) is 6. The van der Waals surface area contributed by atoms with Crippen molar-refractivity contribution in [2.75, 3.05) is 11.9 Å². The molecule has 0 spiro atoms. The monoisotopic (exact) mass is 739 g/mol. The maximum Gasteiger partial charge on any atom is 0.294 e. The van der Waals surface area contributed by atoms with Gasteiger partial charge in [0.05, 0.1) is 23.7 Å². The van der Waals surface area contributed by atoms with E-state index in [0.29, 0.717) is 16.9 Å². The Morgan fingerprint density at radius 1 is 1.11 bits per heavy atom. The van der Waals surface area contributed by atoms with Gasteiger partial charge in [-0.05, 0) is 105 Å². The van der Waals surface area contributed by atoms with Crippen molar-refractivity contribution >= 4 is 85.8 Å². The highest BCUT2D eigenvalue weighted by molar-refractivity contribution is 14.1. The molecule has 0 saturated carbocycles. The Kier molecular flexibility index (Phi) is 8.83. The zero-order valence-electron chi connectivity index (χ0n) is 18.8. The van der Waals surface area contributed by atoms with Gasteiger partial charge >= 0.3 is 0 Å². The Hall–Kier alpha value is -2.96. The number of nitriles is 1. The number of thioether (sulfide) groups is 1. The Labute approximate surface area is 243 Å². The first kappa shape index (κ1) is 27.1. The van der Waals surface area contributed by atoms with Gasteiger partial charge in [-0.3, -0.25) is 19.3 Å². The van der Waals surface area contributed by atoms with Crippen LogP contribution < -0.4 is 10.1 Å². The fourth-order valence-electron chi connectivity index (χ4n) is 3.40. The van der Waals surface area contributed by atoms with Crippen molar-refractivity contribution in [3.05, 3.63) is 95.2 Å². The maximum atomic E-state index is 13.3. The fraction of sp³-hybridized carbons (Fsp3) is 0.0769. The van der Waals surface area contributed by atoms with Crippen LogP contribution in [0.4, 0.5) is 14.9 Å². The minimum Gasteiger partial charge on any atom is -0.487 e. The summed E-state index contributed by atoms with van der Waals surface area (Å²) in [6.07, 6.45) is 1.59. The van der Waals surface area contributed by atoms with Gasteiger partial charge < -0.3 is 10.1 Å². The molecule has 1 fully saturated rings. The number of rotatable bonds is 7. The van der Waals surface area contributed by atoms with Crippen molar-refractivity contribution in [1.82, 2.24) is 4.90 Å². The lowest BCUT2D eigenvalue weighted by Crippen LogP contribution is -2.36. The lowest BCUT2D eigenvalue weighted by atomic mass is 10.1. The normalized spacial score (nSPS) is 14.1. The zero-order valence-corrected chi connectivity index (χ0v) is 24.0. The minimum absolute atomic E-state index is 0.187. The van der Waals surface area contributed by atoms with Gasteiger partial charge in [-0.2, -0.15) is 5.26 Å². The third-order valence-electron chi connectivity index (χ3n) is 5.11.